The molecule has 0 aliphatic heterocycles. The van der Waals surface area contributed by atoms with Crippen molar-refractivity contribution >= 4 is 23.0 Å². The average Bonchev–Trinajstić information content (AvgIpc) is 3.45. The first-order chi connectivity index (χ1) is 11.7. The Morgan fingerprint density at radius 1 is 1.12 bits per heavy atom. The van der Waals surface area contributed by atoms with Crippen molar-refractivity contribution in [3.8, 4) is 0 Å². The van der Waals surface area contributed by atoms with E-state index in [1.165, 1.54) is 35.2 Å². The molecule has 24 heavy (non-hydrogen) atoms. The van der Waals surface area contributed by atoms with Crippen LogP contribution in [0.15, 0.2) is 42.7 Å². The maximum absolute atomic E-state index is 5.79. The molecule has 1 N–H and O–H groups in total. The highest BCUT2D eigenvalue weighted by molar-refractivity contribution is 7.80. The molecule has 2 aromatic rings. The standard InChI is InChI=1S/C20H25N3S/c1-3-16-6-5-7-17(4-2)19(16)22-20(24)23(18-8-9-18)14-15-10-12-21-13-11-15/h5-7,10-13,18H,3-4,8-9,14H2,1-2H3,(H,22,24). The van der Waals surface area contributed by atoms with E-state index in [1.807, 2.05) is 12.4 Å². The van der Waals surface area contributed by atoms with Crippen LogP contribution in [0.2, 0.25) is 0 Å². The Hall–Kier alpha value is -1.94. The largest absolute Gasteiger partial charge is 0.342 e. The van der Waals surface area contributed by atoms with Crippen molar-refractivity contribution in [3.63, 3.8) is 0 Å². The van der Waals surface area contributed by atoms with Gasteiger partial charge in [0.15, 0.2) is 5.11 Å². The van der Waals surface area contributed by atoms with Crippen LogP contribution in [-0.4, -0.2) is 21.0 Å². The molecule has 0 radical (unpaired) electrons. The second-order valence-electron chi connectivity index (χ2n) is 6.30. The van der Waals surface area contributed by atoms with E-state index in [4.69, 9.17) is 12.2 Å². The number of hydrogen-bond donors (Lipinski definition) is 1. The molecule has 0 spiro atoms. The van der Waals surface area contributed by atoms with Crippen LogP contribution in [0.25, 0.3) is 0 Å². The molecule has 1 saturated carbocycles. The summed E-state index contributed by atoms with van der Waals surface area (Å²) < 4.78 is 0. The fourth-order valence-corrected chi connectivity index (χ4v) is 3.34. The first-order valence-corrected chi connectivity index (χ1v) is 9.21. The molecule has 0 unspecified atom stereocenters. The highest BCUT2D eigenvalue weighted by Gasteiger charge is 2.31. The van der Waals surface area contributed by atoms with Crippen LogP contribution >= 0.6 is 12.2 Å². The summed E-state index contributed by atoms with van der Waals surface area (Å²) in [6.45, 7) is 5.23. The van der Waals surface area contributed by atoms with Crippen molar-refractivity contribution in [3.05, 3.63) is 59.4 Å². The van der Waals surface area contributed by atoms with Crippen LogP contribution in [0.3, 0.4) is 0 Å². The Morgan fingerprint density at radius 2 is 1.75 bits per heavy atom. The lowest BCUT2D eigenvalue weighted by Gasteiger charge is -2.27. The lowest BCUT2D eigenvalue weighted by atomic mass is 10.0. The minimum atomic E-state index is 0.567. The van der Waals surface area contributed by atoms with Gasteiger partial charge in [0.2, 0.25) is 0 Å². The van der Waals surface area contributed by atoms with Gasteiger partial charge in [-0.25, -0.2) is 0 Å². The maximum Gasteiger partial charge on any atom is 0.173 e. The lowest BCUT2D eigenvalue weighted by Crippen LogP contribution is -2.36. The van der Waals surface area contributed by atoms with Crippen LogP contribution in [-0.2, 0) is 19.4 Å². The number of nitrogens with one attached hydrogen (secondary N) is 1. The van der Waals surface area contributed by atoms with Gasteiger partial charge in [-0.15, -0.1) is 0 Å². The van der Waals surface area contributed by atoms with Gasteiger partial charge >= 0.3 is 0 Å². The third-order valence-electron chi connectivity index (χ3n) is 4.58. The number of pyridine rings is 1. The SMILES string of the molecule is CCc1cccc(CC)c1NC(=S)N(Cc1ccncc1)C1CC1. The lowest BCUT2D eigenvalue weighted by molar-refractivity contribution is 0.409. The van der Waals surface area contributed by atoms with Gasteiger partial charge in [-0.05, 0) is 66.7 Å². The predicted molar refractivity (Wildman–Crippen MR) is 104 cm³/mol. The fraction of sp³-hybridized carbons (Fsp3) is 0.400. The topological polar surface area (TPSA) is 28.2 Å². The normalized spacial score (nSPS) is 13.6. The summed E-state index contributed by atoms with van der Waals surface area (Å²) in [4.78, 5) is 6.43. The van der Waals surface area contributed by atoms with Gasteiger partial charge in [-0.1, -0.05) is 32.0 Å². The summed E-state index contributed by atoms with van der Waals surface area (Å²) in [6, 6.07) is 11.2. The van der Waals surface area contributed by atoms with Crippen LogP contribution in [0.1, 0.15) is 43.4 Å². The zero-order chi connectivity index (χ0) is 16.9. The summed E-state index contributed by atoms with van der Waals surface area (Å²) in [6.07, 6.45) is 8.15. The number of hydrogen-bond acceptors (Lipinski definition) is 2. The van der Waals surface area contributed by atoms with Crippen molar-refractivity contribution in [2.24, 2.45) is 0 Å². The Labute approximate surface area is 150 Å². The molecule has 0 amide bonds. The average molecular weight is 340 g/mol. The Kier molecular flexibility index (Phi) is 5.46. The van der Waals surface area contributed by atoms with Crippen molar-refractivity contribution in [2.45, 2.75) is 52.1 Å². The van der Waals surface area contributed by atoms with E-state index >= 15 is 0 Å². The molecule has 4 heteroatoms. The summed E-state index contributed by atoms with van der Waals surface area (Å²) in [5.41, 5.74) is 5.11. The Bertz CT molecular complexity index is 673. The van der Waals surface area contributed by atoms with Crippen molar-refractivity contribution < 1.29 is 0 Å². The summed E-state index contributed by atoms with van der Waals surface area (Å²) in [7, 11) is 0. The molecule has 1 aliphatic carbocycles. The van der Waals surface area contributed by atoms with Crippen LogP contribution < -0.4 is 5.32 Å². The highest BCUT2D eigenvalue weighted by atomic mass is 32.1. The first kappa shape index (κ1) is 16.9. The smallest absolute Gasteiger partial charge is 0.173 e. The van der Waals surface area contributed by atoms with Gasteiger partial charge in [0.25, 0.3) is 0 Å². The molecule has 1 heterocycles. The van der Waals surface area contributed by atoms with Crippen molar-refractivity contribution in [1.29, 1.82) is 0 Å². The maximum atomic E-state index is 5.79. The molecule has 1 fully saturated rings. The number of anilines is 1. The van der Waals surface area contributed by atoms with Gasteiger partial charge in [0, 0.05) is 30.7 Å². The van der Waals surface area contributed by atoms with Gasteiger partial charge in [0.05, 0.1) is 0 Å². The van der Waals surface area contributed by atoms with Gasteiger partial charge in [0.1, 0.15) is 0 Å². The monoisotopic (exact) mass is 339 g/mol. The molecule has 1 aromatic carbocycles. The van der Waals surface area contributed by atoms with Crippen LogP contribution in [0.4, 0.5) is 5.69 Å². The second-order valence-corrected chi connectivity index (χ2v) is 6.69. The van der Waals surface area contributed by atoms with Crippen molar-refractivity contribution in [2.75, 3.05) is 5.32 Å². The van der Waals surface area contributed by atoms with Gasteiger partial charge < -0.3 is 10.2 Å². The zero-order valence-electron chi connectivity index (χ0n) is 14.5. The van der Waals surface area contributed by atoms with Gasteiger partial charge in [-0.2, -0.15) is 0 Å². The number of thiocarbonyl (C=S) groups is 1. The second kappa shape index (κ2) is 7.75. The van der Waals surface area contributed by atoms with Crippen molar-refractivity contribution in [1.82, 2.24) is 9.88 Å². The first-order valence-electron chi connectivity index (χ1n) is 8.80. The molecule has 0 bridgehead atoms. The molecule has 0 atom stereocenters. The van der Waals surface area contributed by atoms with Crippen LogP contribution in [0.5, 0.6) is 0 Å². The van der Waals surface area contributed by atoms with E-state index in [2.05, 4.69) is 59.4 Å². The number of nitrogens with zero attached hydrogens (tertiary/aromatic N) is 2. The third-order valence-corrected chi connectivity index (χ3v) is 4.92. The van der Waals surface area contributed by atoms with E-state index in [9.17, 15) is 0 Å². The number of rotatable bonds is 6. The molecule has 3 rings (SSSR count). The summed E-state index contributed by atoms with van der Waals surface area (Å²) >= 11 is 5.79. The third kappa shape index (κ3) is 3.93. The van der Waals surface area contributed by atoms with E-state index in [0.29, 0.717) is 6.04 Å². The molecular weight excluding hydrogens is 314 g/mol. The van der Waals surface area contributed by atoms with Gasteiger partial charge in [-0.3, -0.25) is 4.98 Å². The molecule has 126 valence electrons. The van der Waals surface area contributed by atoms with E-state index in [-0.39, 0.29) is 0 Å². The number of aromatic nitrogens is 1. The quantitative estimate of drug-likeness (QED) is 0.781. The summed E-state index contributed by atoms with van der Waals surface area (Å²) in [5.74, 6) is 0. The minimum absolute atomic E-state index is 0.567. The van der Waals surface area contributed by atoms with E-state index in [1.54, 1.807) is 0 Å². The molecule has 0 saturated heterocycles. The molecular formula is C20H25N3S. The molecule has 3 nitrogen and oxygen atoms in total. The molecule has 1 aromatic heterocycles. The minimum Gasteiger partial charge on any atom is -0.342 e. The predicted octanol–water partition coefficient (Wildman–Crippen LogP) is 4.57. The fourth-order valence-electron chi connectivity index (χ4n) is 3.02. The zero-order valence-corrected chi connectivity index (χ0v) is 15.3. The number of benzene rings is 1. The number of aryl methyl sites for hydroxylation is 2. The highest BCUT2D eigenvalue weighted by Crippen LogP contribution is 2.30. The Morgan fingerprint density at radius 3 is 2.29 bits per heavy atom. The van der Waals surface area contributed by atoms with E-state index in [0.717, 1.165) is 24.5 Å². The number of para-hydroxylation sites is 1. The van der Waals surface area contributed by atoms with E-state index < -0.39 is 0 Å². The Balaban J connectivity index is 1.79. The summed E-state index contributed by atoms with van der Waals surface area (Å²) in [5, 5.41) is 4.40. The van der Waals surface area contributed by atoms with Crippen LogP contribution in [0, 0.1) is 0 Å². The molecule has 1 aliphatic rings.